The van der Waals surface area contributed by atoms with E-state index in [4.69, 9.17) is 28.9 Å². The number of hydrogen-bond donors (Lipinski definition) is 2. The quantitative estimate of drug-likeness (QED) is 0.773. The summed E-state index contributed by atoms with van der Waals surface area (Å²) in [5, 5.41) is 6.35. The van der Waals surface area contributed by atoms with Gasteiger partial charge in [0, 0.05) is 17.4 Å². The van der Waals surface area contributed by atoms with Crippen molar-refractivity contribution in [2.45, 2.75) is 19.3 Å². The summed E-state index contributed by atoms with van der Waals surface area (Å²) in [5.74, 6) is 0.508. The molecule has 21 heavy (non-hydrogen) atoms. The predicted molar refractivity (Wildman–Crippen MR) is 89.1 cm³/mol. The summed E-state index contributed by atoms with van der Waals surface area (Å²) in [5.41, 5.74) is 6.27. The van der Waals surface area contributed by atoms with Crippen LogP contribution >= 0.6 is 34.5 Å². The lowest BCUT2D eigenvalue weighted by atomic mass is 10.2. The molecule has 7 heteroatoms. The van der Waals surface area contributed by atoms with Gasteiger partial charge in [0.25, 0.3) is 0 Å². The van der Waals surface area contributed by atoms with E-state index in [9.17, 15) is 4.79 Å². The summed E-state index contributed by atoms with van der Waals surface area (Å²) in [6.45, 7) is 0.603. The first-order chi connectivity index (χ1) is 10.1. The number of benzene rings is 1. The van der Waals surface area contributed by atoms with Crippen molar-refractivity contribution in [1.82, 2.24) is 4.98 Å². The molecule has 0 radical (unpaired) electrons. The highest BCUT2D eigenvalue weighted by molar-refractivity contribution is 7.13. The average Bonchev–Trinajstić information content (AvgIpc) is 2.90. The molecule has 0 aliphatic rings. The van der Waals surface area contributed by atoms with E-state index in [0.717, 1.165) is 23.4 Å². The molecule has 4 nitrogen and oxygen atoms in total. The van der Waals surface area contributed by atoms with E-state index in [-0.39, 0.29) is 5.91 Å². The number of rotatable bonds is 6. The molecule has 0 aliphatic carbocycles. The number of nitrogens with two attached hydrogens (primary N) is 1. The SMILES string of the molecule is NCCCCC(=O)Nc1csc(-c2ccc(Cl)c(Cl)c2)n1. The summed E-state index contributed by atoms with van der Waals surface area (Å²) in [6.07, 6.45) is 2.09. The number of nitrogens with one attached hydrogen (secondary N) is 1. The van der Waals surface area contributed by atoms with Crippen molar-refractivity contribution < 1.29 is 4.79 Å². The zero-order valence-electron chi connectivity index (χ0n) is 11.2. The van der Waals surface area contributed by atoms with Gasteiger partial charge in [-0.25, -0.2) is 4.98 Å². The third kappa shape index (κ3) is 4.68. The highest BCUT2D eigenvalue weighted by atomic mass is 35.5. The van der Waals surface area contributed by atoms with Gasteiger partial charge in [-0.3, -0.25) is 4.79 Å². The maximum Gasteiger partial charge on any atom is 0.225 e. The van der Waals surface area contributed by atoms with Crippen molar-refractivity contribution in [3.63, 3.8) is 0 Å². The summed E-state index contributed by atoms with van der Waals surface area (Å²) < 4.78 is 0. The third-order valence-electron chi connectivity index (χ3n) is 2.80. The largest absolute Gasteiger partial charge is 0.330 e. The summed E-state index contributed by atoms with van der Waals surface area (Å²) in [4.78, 5) is 16.1. The number of halogens is 2. The second-order valence-electron chi connectivity index (χ2n) is 4.46. The maximum atomic E-state index is 11.7. The number of amides is 1. The third-order valence-corrected chi connectivity index (χ3v) is 4.43. The summed E-state index contributed by atoms with van der Waals surface area (Å²) in [7, 11) is 0. The van der Waals surface area contributed by atoms with Crippen molar-refractivity contribution in [3.8, 4) is 10.6 Å². The van der Waals surface area contributed by atoms with E-state index in [1.807, 2.05) is 6.07 Å². The lowest BCUT2D eigenvalue weighted by Gasteiger charge is -2.01. The molecule has 0 spiro atoms. The second-order valence-corrected chi connectivity index (χ2v) is 6.13. The maximum absolute atomic E-state index is 11.7. The minimum Gasteiger partial charge on any atom is -0.330 e. The van der Waals surface area contributed by atoms with Gasteiger partial charge in [-0.2, -0.15) is 0 Å². The van der Waals surface area contributed by atoms with E-state index in [1.54, 1.807) is 17.5 Å². The number of thiazole rings is 1. The number of nitrogens with zero attached hydrogens (tertiary/aromatic N) is 1. The highest BCUT2D eigenvalue weighted by Crippen LogP contribution is 2.31. The van der Waals surface area contributed by atoms with Crippen molar-refractivity contribution in [2.24, 2.45) is 5.73 Å². The monoisotopic (exact) mass is 343 g/mol. The summed E-state index contributed by atoms with van der Waals surface area (Å²) >= 11 is 13.3. The Kier molecular flexibility index (Phi) is 5.99. The van der Waals surface area contributed by atoms with Crippen molar-refractivity contribution in [2.75, 3.05) is 11.9 Å². The smallest absolute Gasteiger partial charge is 0.225 e. The van der Waals surface area contributed by atoms with Gasteiger partial charge in [-0.1, -0.05) is 29.3 Å². The highest BCUT2D eigenvalue weighted by Gasteiger charge is 2.09. The molecule has 0 saturated carbocycles. The van der Waals surface area contributed by atoms with Gasteiger partial charge in [0.05, 0.1) is 10.0 Å². The van der Waals surface area contributed by atoms with Crippen molar-refractivity contribution in [3.05, 3.63) is 33.6 Å². The van der Waals surface area contributed by atoms with E-state index >= 15 is 0 Å². The van der Waals surface area contributed by atoms with Crippen molar-refractivity contribution in [1.29, 1.82) is 0 Å². The average molecular weight is 344 g/mol. The molecule has 0 bridgehead atoms. The Morgan fingerprint density at radius 1 is 1.29 bits per heavy atom. The van der Waals surface area contributed by atoms with E-state index < -0.39 is 0 Å². The van der Waals surface area contributed by atoms with Gasteiger partial charge < -0.3 is 11.1 Å². The van der Waals surface area contributed by atoms with Crippen LogP contribution in [0.15, 0.2) is 23.6 Å². The standard InChI is InChI=1S/C14H15Cl2N3OS/c15-10-5-4-9(7-11(10)16)14-19-12(8-21-14)18-13(20)3-1-2-6-17/h4-5,7-8H,1-3,6,17H2,(H,18,20). The molecule has 0 unspecified atom stereocenters. The van der Waals surface area contributed by atoms with Gasteiger partial charge in [0.15, 0.2) is 0 Å². The van der Waals surface area contributed by atoms with Crippen LogP contribution in [0, 0.1) is 0 Å². The molecule has 1 amide bonds. The number of carbonyl (C=O) groups is 1. The number of carbonyl (C=O) groups excluding carboxylic acids is 1. The number of aromatic nitrogens is 1. The number of anilines is 1. The molecule has 0 fully saturated rings. The number of unbranched alkanes of at least 4 members (excludes halogenated alkanes) is 1. The van der Waals surface area contributed by atoms with Crippen LogP contribution in [0.25, 0.3) is 10.6 Å². The topological polar surface area (TPSA) is 68.0 Å². The minimum absolute atomic E-state index is 0.0468. The zero-order chi connectivity index (χ0) is 15.2. The fourth-order valence-electron chi connectivity index (χ4n) is 1.73. The molecule has 0 atom stereocenters. The van der Waals surface area contributed by atoms with E-state index in [0.29, 0.717) is 28.8 Å². The Morgan fingerprint density at radius 2 is 2.10 bits per heavy atom. The molecular weight excluding hydrogens is 329 g/mol. The molecule has 112 valence electrons. The molecule has 1 heterocycles. The number of hydrogen-bond acceptors (Lipinski definition) is 4. The zero-order valence-corrected chi connectivity index (χ0v) is 13.6. The Morgan fingerprint density at radius 3 is 2.81 bits per heavy atom. The lowest BCUT2D eigenvalue weighted by Crippen LogP contribution is -2.12. The molecule has 0 saturated heterocycles. The van der Waals surface area contributed by atoms with Crippen molar-refractivity contribution >= 4 is 46.3 Å². The molecule has 2 aromatic rings. The Balaban J connectivity index is 2.00. The first-order valence-electron chi connectivity index (χ1n) is 6.51. The second kappa shape index (κ2) is 7.75. The van der Waals surface area contributed by atoms with Crippen LogP contribution in [0.1, 0.15) is 19.3 Å². The first-order valence-corrected chi connectivity index (χ1v) is 8.14. The molecule has 2 rings (SSSR count). The fourth-order valence-corrected chi connectivity index (χ4v) is 2.78. The van der Waals surface area contributed by atoms with Gasteiger partial charge in [-0.05, 0) is 31.5 Å². The minimum atomic E-state index is -0.0468. The van der Waals surface area contributed by atoms with E-state index in [1.165, 1.54) is 11.3 Å². The lowest BCUT2D eigenvalue weighted by molar-refractivity contribution is -0.116. The van der Waals surface area contributed by atoms with Crippen LogP contribution < -0.4 is 11.1 Å². The molecule has 1 aromatic carbocycles. The van der Waals surface area contributed by atoms with Crippen LogP contribution in [-0.4, -0.2) is 17.4 Å². The first kappa shape index (κ1) is 16.2. The van der Waals surface area contributed by atoms with Crippen LogP contribution in [0.4, 0.5) is 5.82 Å². The van der Waals surface area contributed by atoms with Crippen LogP contribution in [0.2, 0.25) is 10.0 Å². The summed E-state index contributed by atoms with van der Waals surface area (Å²) in [6, 6.07) is 5.33. The Bertz CT molecular complexity index is 630. The Hall–Kier alpha value is -1.14. The van der Waals surface area contributed by atoms with Gasteiger partial charge >= 0.3 is 0 Å². The van der Waals surface area contributed by atoms with Crippen LogP contribution in [0.5, 0.6) is 0 Å². The van der Waals surface area contributed by atoms with Crippen LogP contribution in [-0.2, 0) is 4.79 Å². The Labute approximate surface area is 137 Å². The molecular formula is C14H15Cl2N3OS. The predicted octanol–water partition coefficient (Wildman–Crippen LogP) is 4.18. The van der Waals surface area contributed by atoms with E-state index in [2.05, 4.69) is 10.3 Å². The fraction of sp³-hybridized carbons (Fsp3) is 0.286. The van der Waals surface area contributed by atoms with Gasteiger partial charge in [0.1, 0.15) is 10.8 Å². The van der Waals surface area contributed by atoms with Gasteiger partial charge in [-0.15, -0.1) is 11.3 Å². The van der Waals surface area contributed by atoms with Gasteiger partial charge in [0.2, 0.25) is 5.91 Å². The normalized spacial score (nSPS) is 10.6. The molecule has 1 aromatic heterocycles. The molecule has 3 N–H and O–H groups in total. The molecule has 0 aliphatic heterocycles. The van der Waals surface area contributed by atoms with Crippen LogP contribution in [0.3, 0.4) is 0 Å².